The number of hydrogen-bond acceptors (Lipinski definition) is 7. The molecular formula is C11H15N2O7PS. The molecule has 1 fully saturated rings. The quantitative estimate of drug-likeness (QED) is 0.261. The Morgan fingerprint density at radius 2 is 2.23 bits per heavy atom. The Morgan fingerprint density at radius 1 is 1.55 bits per heavy atom. The molecule has 0 saturated carbocycles. The van der Waals surface area contributed by atoms with Crippen LogP contribution in [0, 0.1) is 0 Å². The van der Waals surface area contributed by atoms with Crippen molar-refractivity contribution in [2.75, 3.05) is 6.61 Å². The molecule has 5 atom stereocenters. The first kappa shape index (κ1) is 17.4. The van der Waals surface area contributed by atoms with Crippen molar-refractivity contribution in [3.05, 3.63) is 30.1 Å². The van der Waals surface area contributed by atoms with Crippen LogP contribution in [0.25, 0.3) is 0 Å². The summed E-state index contributed by atoms with van der Waals surface area (Å²) in [6.45, 7) is -0.623. The first-order valence-electron chi connectivity index (χ1n) is 6.19. The third kappa shape index (κ3) is 4.06. The van der Waals surface area contributed by atoms with E-state index in [1.165, 1.54) is 10.8 Å². The maximum atomic E-state index is 10.6. The minimum Gasteiger partial charge on any atom is -0.756 e. The Labute approximate surface area is 131 Å². The van der Waals surface area contributed by atoms with E-state index in [9.17, 15) is 19.7 Å². The number of nitrogens with two attached hydrogens (primary N) is 1. The van der Waals surface area contributed by atoms with Gasteiger partial charge in [-0.1, -0.05) is 12.2 Å². The number of hydrogen-bond donors (Lipinski definition) is 4. The minimum atomic E-state index is -4.94. The van der Waals surface area contributed by atoms with E-state index in [2.05, 4.69) is 4.52 Å². The summed E-state index contributed by atoms with van der Waals surface area (Å²) in [6, 6.07) is 3.29. The van der Waals surface area contributed by atoms with Gasteiger partial charge in [0.1, 0.15) is 17.2 Å². The van der Waals surface area contributed by atoms with Crippen LogP contribution < -0.4 is 15.2 Å². The summed E-state index contributed by atoms with van der Waals surface area (Å²) < 4.78 is 21.6. The van der Waals surface area contributed by atoms with Crippen LogP contribution in [0.1, 0.15) is 11.8 Å². The summed E-state index contributed by atoms with van der Waals surface area (Å²) >= 11 is 4.85. The monoisotopic (exact) mass is 350 g/mol. The number of thiocarbonyl (C=S) groups is 1. The summed E-state index contributed by atoms with van der Waals surface area (Å²) in [5, 5.41) is 19.9. The van der Waals surface area contributed by atoms with Gasteiger partial charge in [0.15, 0.2) is 18.5 Å². The number of aromatic nitrogens is 1. The van der Waals surface area contributed by atoms with Gasteiger partial charge in [0.25, 0.3) is 14.1 Å². The van der Waals surface area contributed by atoms with Crippen molar-refractivity contribution in [1.29, 1.82) is 0 Å². The number of rotatable bonds is 5. The summed E-state index contributed by atoms with van der Waals surface area (Å²) in [7, 11) is -4.94. The Morgan fingerprint density at radius 3 is 2.82 bits per heavy atom. The lowest BCUT2D eigenvalue weighted by atomic mass is 10.1. The largest absolute Gasteiger partial charge is 0.756 e. The fourth-order valence-electron chi connectivity index (χ4n) is 2.08. The highest BCUT2D eigenvalue weighted by atomic mass is 32.1. The van der Waals surface area contributed by atoms with Crippen LogP contribution in [0.4, 0.5) is 0 Å². The predicted octanol–water partition coefficient (Wildman–Crippen LogP) is -2.30. The van der Waals surface area contributed by atoms with Gasteiger partial charge in [-0.2, -0.15) is 4.57 Å². The van der Waals surface area contributed by atoms with Crippen molar-refractivity contribution in [3.63, 3.8) is 0 Å². The molecule has 0 amide bonds. The molecule has 5 N–H and O–H groups in total. The summed E-state index contributed by atoms with van der Waals surface area (Å²) in [5.74, 6) is 0. The molecule has 1 aliphatic heterocycles. The van der Waals surface area contributed by atoms with Crippen molar-refractivity contribution >= 4 is 25.0 Å². The van der Waals surface area contributed by atoms with Gasteiger partial charge in [0, 0.05) is 6.07 Å². The molecule has 1 aromatic rings. The SMILES string of the molecule is NC(=S)c1ccc[n+]([C@@H]2O[C@H](COP(=O)([O-])O)[C@@H](O)[C@H]2O)c1. The molecule has 0 bridgehead atoms. The maximum absolute atomic E-state index is 10.6. The Bertz CT molecular complexity index is 610. The van der Waals surface area contributed by atoms with Crippen LogP contribution in [0.15, 0.2) is 24.5 Å². The third-order valence-corrected chi connectivity index (χ3v) is 3.85. The molecule has 1 unspecified atom stereocenters. The molecule has 0 radical (unpaired) electrons. The van der Waals surface area contributed by atoms with Gasteiger partial charge >= 0.3 is 0 Å². The lowest BCUT2D eigenvalue weighted by Crippen LogP contribution is -2.46. The van der Waals surface area contributed by atoms with Crippen molar-refractivity contribution < 1.29 is 38.4 Å². The molecule has 0 spiro atoms. The second-order valence-electron chi connectivity index (χ2n) is 4.71. The highest BCUT2D eigenvalue weighted by molar-refractivity contribution is 7.80. The molecule has 1 saturated heterocycles. The van der Waals surface area contributed by atoms with E-state index in [0.717, 1.165) is 0 Å². The van der Waals surface area contributed by atoms with Gasteiger partial charge in [-0.05, 0) is 6.07 Å². The van der Waals surface area contributed by atoms with Gasteiger partial charge in [-0.15, -0.1) is 0 Å². The lowest BCUT2D eigenvalue weighted by molar-refractivity contribution is -0.765. The number of ether oxygens (including phenoxy) is 1. The number of aliphatic hydroxyl groups excluding tert-OH is 2. The zero-order valence-corrected chi connectivity index (χ0v) is 12.9. The smallest absolute Gasteiger partial charge is 0.292 e. The Kier molecular flexibility index (Phi) is 5.25. The van der Waals surface area contributed by atoms with Crippen LogP contribution in [0.5, 0.6) is 0 Å². The maximum Gasteiger partial charge on any atom is 0.292 e. The van der Waals surface area contributed by atoms with E-state index < -0.39 is 39.0 Å². The first-order chi connectivity index (χ1) is 10.2. The van der Waals surface area contributed by atoms with E-state index >= 15 is 0 Å². The molecule has 0 aromatic carbocycles. The van der Waals surface area contributed by atoms with E-state index in [1.54, 1.807) is 18.3 Å². The number of nitrogens with zero attached hydrogens (tertiary/aromatic N) is 1. The van der Waals surface area contributed by atoms with Gasteiger partial charge in [-0.3, -0.25) is 4.57 Å². The second-order valence-corrected chi connectivity index (χ2v) is 6.35. The minimum absolute atomic E-state index is 0.148. The second kappa shape index (κ2) is 6.65. The third-order valence-electron chi connectivity index (χ3n) is 3.14. The summed E-state index contributed by atoms with van der Waals surface area (Å²) in [5.41, 5.74) is 6.05. The van der Waals surface area contributed by atoms with E-state index in [1.807, 2.05) is 0 Å². The van der Waals surface area contributed by atoms with Crippen molar-refractivity contribution in [2.24, 2.45) is 5.73 Å². The van der Waals surface area contributed by atoms with Crippen molar-refractivity contribution in [2.45, 2.75) is 24.5 Å². The molecule has 2 rings (SSSR count). The molecule has 11 heteroatoms. The van der Waals surface area contributed by atoms with Gasteiger partial charge in [0.05, 0.1) is 12.2 Å². The zero-order chi connectivity index (χ0) is 16.5. The number of phosphoric acid groups is 1. The van der Waals surface area contributed by atoms with E-state index in [-0.39, 0.29) is 4.99 Å². The van der Waals surface area contributed by atoms with Crippen LogP contribution in [-0.2, 0) is 13.8 Å². The molecule has 9 nitrogen and oxygen atoms in total. The molecule has 22 heavy (non-hydrogen) atoms. The normalized spacial score (nSPS) is 30.9. The Hall–Kier alpha value is -0.970. The summed E-state index contributed by atoms with van der Waals surface area (Å²) in [4.78, 5) is 19.3. The Balaban J connectivity index is 2.14. The molecule has 1 aromatic heterocycles. The molecule has 0 aliphatic carbocycles. The highest BCUT2D eigenvalue weighted by Gasteiger charge is 2.48. The molecule has 2 heterocycles. The molecule has 122 valence electrons. The van der Waals surface area contributed by atoms with Crippen LogP contribution in [-0.4, -0.2) is 45.0 Å². The van der Waals surface area contributed by atoms with Gasteiger partial charge in [-0.25, -0.2) is 0 Å². The average Bonchev–Trinajstić information content (AvgIpc) is 2.72. The number of pyridine rings is 1. The fourth-order valence-corrected chi connectivity index (χ4v) is 2.53. The number of aliphatic hydroxyl groups is 2. The highest BCUT2D eigenvalue weighted by Crippen LogP contribution is 2.33. The molecule has 1 aliphatic rings. The van der Waals surface area contributed by atoms with Gasteiger partial charge < -0.3 is 35.0 Å². The van der Waals surface area contributed by atoms with Crippen LogP contribution >= 0.6 is 20.0 Å². The van der Waals surface area contributed by atoms with Crippen LogP contribution in [0.2, 0.25) is 0 Å². The van der Waals surface area contributed by atoms with Gasteiger partial charge in [0.2, 0.25) is 0 Å². The van der Waals surface area contributed by atoms with E-state index in [4.69, 9.17) is 27.6 Å². The zero-order valence-electron chi connectivity index (χ0n) is 11.2. The average molecular weight is 350 g/mol. The van der Waals surface area contributed by atoms with Crippen molar-refractivity contribution in [1.82, 2.24) is 0 Å². The van der Waals surface area contributed by atoms with E-state index in [0.29, 0.717) is 5.56 Å². The first-order valence-corrected chi connectivity index (χ1v) is 8.10. The number of phosphoric ester groups is 1. The lowest BCUT2D eigenvalue weighted by Gasteiger charge is -2.19. The van der Waals surface area contributed by atoms with Crippen molar-refractivity contribution in [3.8, 4) is 0 Å². The fraction of sp³-hybridized carbons (Fsp3) is 0.455. The topological polar surface area (TPSA) is 149 Å². The predicted molar refractivity (Wildman–Crippen MR) is 74.2 cm³/mol. The standard InChI is InChI=1S/C11H15N2O7PS/c12-10(22)6-2-1-3-13(4-6)11-9(15)8(14)7(20-11)5-19-21(16,17)18/h1-4,7-9,11,14-15H,5H2,(H3-,12,16,17,18,22)/t7-,8-,9-,11-/m1/s1. The van der Waals surface area contributed by atoms with Crippen LogP contribution in [0.3, 0.4) is 0 Å². The summed E-state index contributed by atoms with van der Waals surface area (Å²) in [6.07, 6.45) is -1.74. The molecular weight excluding hydrogens is 335 g/mol.